The second kappa shape index (κ2) is 8.82. The van der Waals surface area contributed by atoms with Crippen molar-refractivity contribution in [1.29, 1.82) is 5.26 Å². The quantitative estimate of drug-likeness (QED) is 0.740. The second-order valence-electron chi connectivity index (χ2n) is 6.27. The molecule has 0 saturated heterocycles. The van der Waals surface area contributed by atoms with Crippen molar-refractivity contribution in [3.8, 4) is 11.8 Å². The van der Waals surface area contributed by atoms with E-state index in [1.54, 1.807) is 31.2 Å². The minimum atomic E-state index is -1.09. The van der Waals surface area contributed by atoms with E-state index in [9.17, 15) is 14.4 Å². The third-order valence-corrected chi connectivity index (χ3v) is 4.34. The Kier molecular flexibility index (Phi) is 6.51. The van der Waals surface area contributed by atoms with Crippen LogP contribution in [0.15, 0.2) is 48.5 Å². The minimum absolute atomic E-state index is 0.262. The fourth-order valence-electron chi connectivity index (χ4n) is 2.44. The maximum Gasteiger partial charge on any atom is 0.344 e. The average molecular weight is 380 g/mol. The molecule has 0 bridgehead atoms. The van der Waals surface area contributed by atoms with Crippen LogP contribution in [0.4, 0.5) is 0 Å². The largest absolute Gasteiger partial charge is 0.479 e. The van der Waals surface area contributed by atoms with Crippen LogP contribution in [0.25, 0.3) is 0 Å². The molecular formula is C21H20N2O5. The number of benzene rings is 2. The molecule has 0 aliphatic carbocycles. The monoisotopic (exact) mass is 380 g/mol. The number of carboxylic acids is 1. The molecule has 2 rings (SSSR count). The molecule has 0 aliphatic heterocycles. The van der Waals surface area contributed by atoms with E-state index in [4.69, 9.17) is 15.1 Å². The molecule has 7 heteroatoms. The molecule has 1 amide bonds. The zero-order valence-electron chi connectivity index (χ0n) is 15.7. The molecule has 0 saturated carbocycles. The molecule has 2 atom stereocenters. The number of likely N-dealkylation sites (N-methyl/N-ethyl adjacent to an activating group) is 1. The van der Waals surface area contributed by atoms with Gasteiger partial charge in [-0.2, -0.15) is 5.26 Å². The first kappa shape index (κ1) is 20.6. The number of carbonyl (C=O) groups is 3. The van der Waals surface area contributed by atoms with E-state index in [0.29, 0.717) is 22.4 Å². The van der Waals surface area contributed by atoms with Crippen molar-refractivity contribution in [1.82, 2.24) is 4.90 Å². The Bertz CT molecular complexity index is 913. The average Bonchev–Trinajstić information content (AvgIpc) is 2.72. The van der Waals surface area contributed by atoms with Gasteiger partial charge in [0.15, 0.2) is 11.9 Å². The summed E-state index contributed by atoms with van der Waals surface area (Å²) < 4.78 is 5.24. The Hall–Kier alpha value is -3.66. The molecule has 0 aromatic heterocycles. The normalized spacial score (nSPS) is 12.4. The molecule has 0 spiro atoms. The Morgan fingerprint density at radius 3 is 2.04 bits per heavy atom. The van der Waals surface area contributed by atoms with Crippen molar-refractivity contribution in [2.24, 2.45) is 0 Å². The van der Waals surface area contributed by atoms with E-state index >= 15 is 0 Å². The summed E-state index contributed by atoms with van der Waals surface area (Å²) in [6, 6.07) is 13.5. The Morgan fingerprint density at radius 1 is 1.00 bits per heavy atom. The number of aliphatic carboxylic acids is 1. The summed E-state index contributed by atoms with van der Waals surface area (Å²) in [5.74, 6) is -1.35. The van der Waals surface area contributed by atoms with Crippen LogP contribution in [0.3, 0.4) is 0 Å². The molecule has 2 aromatic rings. The van der Waals surface area contributed by atoms with Crippen LogP contribution in [0.2, 0.25) is 0 Å². The van der Waals surface area contributed by atoms with E-state index in [2.05, 4.69) is 0 Å². The lowest BCUT2D eigenvalue weighted by Gasteiger charge is -2.24. The molecule has 1 N–H and O–H groups in total. The lowest BCUT2D eigenvalue weighted by Crippen LogP contribution is -2.40. The number of nitrogens with zero attached hydrogens (tertiary/aromatic N) is 2. The number of Topliss-reactive ketones (excluding diaryl/α,β-unsaturated/α-hetero) is 1. The summed E-state index contributed by atoms with van der Waals surface area (Å²) in [4.78, 5) is 37.4. The zero-order chi connectivity index (χ0) is 20.8. The van der Waals surface area contributed by atoms with Gasteiger partial charge in [0.2, 0.25) is 0 Å². The molecule has 0 heterocycles. The Balaban J connectivity index is 2.08. The molecule has 0 aliphatic rings. The number of hydrogen-bond donors (Lipinski definition) is 1. The van der Waals surface area contributed by atoms with Crippen LogP contribution >= 0.6 is 0 Å². The molecular weight excluding hydrogens is 360 g/mol. The van der Waals surface area contributed by atoms with Crippen molar-refractivity contribution in [2.45, 2.75) is 26.0 Å². The van der Waals surface area contributed by atoms with Crippen molar-refractivity contribution in [3.05, 3.63) is 65.2 Å². The summed E-state index contributed by atoms with van der Waals surface area (Å²) in [5, 5.41) is 17.7. The van der Waals surface area contributed by atoms with Crippen LogP contribution in [-0.2, 0) is 4.79 Å². The SMILES string of the molecule is CC(Oc1ccc(C(=O)C(C)N(C)C(=O)c2ccc(C#N)cc2)cc1)C(=O)O. The zero-order valence-corrected chi connectivity index (χ0v) is 15.7. The second-order valence-corrected chi connectivity index (χ2v) is 6.27. The summed E-state index contributed by atoms with van der Waals surface area (Å²) in [6.07, 6.45) is -1.00. The van der Waals surface area contributed by atoms with Gasteiger partial charge in [-0.25, -0.2) is 4.79 Å². The van der Waals surface area contributed by atoms with Crippen LogP contribution < -0.4 is 4.74 Å². The lowest BCUT2D eigenvalue weighted by atomic mass is 10.0. The van der Waals surface area contributed by atoms with Gasteiger partial charge in [0.05, 0.1) is 17.7 Å². The topological polar surface area (TPSA) is 108 Å². The first-order valence-electron chi connectivity index (χ1n) is 8.55. The number of rotatable bonds is 7. The highest BCUT2D eigenvalue weighted by atomic mass is 16.5. The predicted molar refractivity (Wildman–Crippen MR) is 101 cm³/mol. The van der Waals surface area contributed by atoms with Gasteiger partial charge >= 0.3 is 5.97 Å². The van der Waals surface area contributed by atoms with E-state index in [-0.39, 0.29) is 11.7 Å². The molecule has 7 nitrogen and oxygen atoms in total. The van der Waals surface area contributed by atoms with Crippen LogP contribution in [0.1, 0.15) is 40.1 Å². The highest BCUT2D eigenvalue weighted by Gasteiger charge is 2.24. The predicted octanol–water partition coefficient (Wildman–Crippen LogP) is 2.75. The van der Waals surface area contributed by atoms with E-state index in [1.807, 2.05) is 6.07 Å². The number of ether oxygens (including phenoxy) is 1. The summed E-state index contributed by atoms with van der Waals surface area (Å²) in [7, 11) is 1.54. The summed E-state index contributed by atoms with van der Waals surface area (Å²) in [6.45, 7) is 3.04. The smallest absolute Gasteiger partial charge is 0.344 e. The number of ketones is 1. The van der Waals surface area contributed by atoms with Crippen molar-refractivity contribution >= 4 is 17.7 Å². The number of carboxylic acid groups (broad SMARTS) is 1. The maximum absolute atomic E-state index is 12.7. The van der Waals surface area contributed by atoms with Crippen molar-refractivity contribution in [2.75, 3.05) is 7.05 Å². The van der Waals surface area contributed by atoms with Gasteiger partial charge in [0, 0.05) is 18.2 Å². The number of nitriles is 1. The van der Waals surface area contributed by atoms with Gasteiger partial charge in [0.25, 0.3) is 5.91 Å². The van der Waals surface area contributed by atoms with Gasteiger partial charge in [-0.1, -0.05) is 0 Å². The van der Waals surface area contributed by atoms with Gasteiger partial charge in [0.1, 0.15) is 5.75 Å². The molecule has 144 valence electrons. The maximum atomic E-state index is 12.7. The van der Waals surface area contributed by atoms with Crippen LogP contribution in [0.5, 0.6) is 5.75 Å². The molecule has 0 fully saturated rings. The van der Waals surface area contributed by atoms with Crippen molar-refractivity contribution in [3.63, 3.8) is 0 Å². The lowest BCUT2D eigenvalue weighted by molar-refractivity contribution is -0.144. The third kappa shape index (κ3) is 4.74. The third-order valence-electron chi connectivity index (χ3n) is 4.34. The fourth-order valence-corrected chi connectivity index (χ4v) is 2.44. The highest BCUT2D eigenvalue weighted by Crippen LogP contribution is 2.17. The van der Waals surface area contributed by atoms with E-state index in [0.717, 1.165) is 0 Å². The van der Waals surface area contributed by atoms with Gasteiger partial charge < -0.3 is 14.7 Å². The molecule has 28 heavy (non-hydrogen) atoms. The number of hydrogen-bond acceptors (Lipinski definition) is 5. The first-order chi connectivity index (χ1) is 13.2. The van der Waals surface area contributed by atoms with Crippen molar-refractivity contribution < 1.29 is 24.2 Å². The van der Waals surface area contributed by atoms with Gasteiger partial charge in [-0.05, 0) is 62.4 Å². The highest BCUT2D eigenvalue weighted by molar-refractivity contribution is 6.04. The summed E-state index contributed by atoms with van der Waals surface area (Å²) in [5.41, 5.74) is 1.21. The van der Waals surface area contributed by atoms with E-state index in [1.165, 1.54) is 43.1 Å². The Labute approximate surface area is 162 Å². The van der Waals surface area contributed by atoms with Gasteiger partial charge in [-0.15, -0.1) is 0 Å². The Morgan fingerprint density at radius 2 is 1.54 bits per heavy atom. The minimum Gasteiger partial charge on any atom is -0.479 e. The summed E-state index contributed by atoms with van der Waals surface area (Å²) >= 11 is 0. The number of amides is 1. The standard InChI is InChI=1S/C21H20N2O5/c1-13(23(3)20(25)17-6-4-15(12-22)5-7-17)19(24)16-8-10-18(11-9-16)28-14(2)21(26)27/h4-11,13-14H,1-3H3,(H,26,27). The van der Waals surface area contributed by atoms with Gasteiger partial charge in [-0.3, -0.25) is 9.59 Å². The first-order valence-corrected chi connectivity index (χ1v) is 8.55. The van der Waals surface area contributed by atoms with Crippen LogP contribution in [0, 0.1) is 11.3 Å². The molecule has 2 aromatic carbocycles. The molecule has 0 radical (unpaired) electrons. The molecule has 2 unspecified atom stereocenters. The van der Waals surface area contributed by atoms with E-state index < -0.39 is 18.1 Å². The number of carbonyl (C=O) groups excluding carboxylic acids is 2. The van der Waals surface area contributed by atoms with Crippen LogP contribution in [-0.4, -0.2) is 46.9 Å². The fraction of sp³-hybridized carbons (Fsp3) is 0.238.